The first-order valence-electron chi connectivity index (χ1n) is 5.67. The van der Waals surface area contributed by atoms with Crippen LogP contribution in [0.2, 0.25) is 0 Å². The summed E-state index contributed by atoms with van der Waals surface area (Å²) in [6, 6.07) is 5.10. The van der Waals surface area contributed by atoms with Crippen molar-refractivity contribution in [2.24, 2.45) is 7.05 Å². The lowest BCUT2D eigenvalue weighted by atomic mass is 10.1. The van der Waals surface area contributed by atoms with Gasteiger partial charge in [0.2, 0.25) is 0 Å². The predicted molar refractivity (Wildman–Crippen MR) is 62.9 cm³/mol. The molecule has 0 saturated heterocycles. The molecular formula is C11H11N5O2. The predicted octanol–water partition coefficient (Wildman–Crippen LogP) is 1.66. The Kier molecular flexibility index (Phi) is 2.32. The molecule has 1 aliphatic rings. The van der Waals surface area contributed by atoms with Gasteiger partial charge in [-0.3, -0.25) is 10.1 Å². The molecule has 3 rings (SSSR count). The van der Waals surface area contributed by atoms with Crippen molar-refractivity contribution in [3.8, 4) is 11.4 Å². The standard InChI is InChI=1S/C11H11N5O2/c1-15-11(12-13-14-15)9-4-8(7-2-3-7)5-10(6-9)16(17)18/h4-7H,2-3H2,1H3. The quantitative estimate of drug-likeness (QED) is 0.606. The highest BCUT2D eigenvalue weighted by molar-refractivity contribution is 5.61. The van der Waals surface area contributed by atoms with E-state index in [1.54, 1.807) is 13.1 Å². The van der Waals surface area contributed by atoms with E-state index < -0.39 is 0 Å². The zero-order valence-corrected chi connectivity index (χ0v) is 9.78. The van der Waals surface area contributed by atoms with E-state index in [4.69, 9.17) is 0 Å². The Labute approximate surface area is 103 Å². The van der Waals surface area contributed by atoms with Crippen molar-refractivity contribution in [2.75, 3.05) is 0 Å². The number of hydrogen-bond acceptors (Lipinski definition) is 5. The highest BCUT2D eigenvalue weighted by Gasteiger charge is 2.26. The molecule has 0 aliphatic heterocycles. The lowest BCUT2D eigenvalue weighted by Gasteiger charge is -2.03. The molecule has 7 heteroatoms. The maximum Gasteiger partial charge on any atom is 0.270 e. The molecule has 0 N–H and O–H groups in total. The van der Waals surface area contributed by atoms with Crippen LogP contribution in [0.15, 0.2) is 18.2 Å². The molecule has 18 heavy (non-hydrogen) atoms. The van der Waals surface area contributed by atoms with Crippen LogP contribution < -0.4 is 0 Å². The summed E-state index contributed by atoms with van der Waals surface area (Å²) in [4.78, 5) is 10.6. The van der Waals surface area contributed by atoms with E-state index in [0.29, 0.717) is 17.3 Å². The van der Waals surface area contributed by atoms with Crippen molar-refractivity contribution in [2.45, 2.75) is 18.8 Å². The van der Waals surface area contributed by atoms with Gasteiger partial charge in [0.25, 0.3) is 5.69 Å². The van der Waals surface area contributed by atoms with Gasteiger partial charge in [0.05, 0.1) is 4.92 Å². The SMILES string of the molecule is Cn1nnnc1-c1cc(C2CC2)cc([N+](=O)[O-])c1. The van der Waals surface area contributed by atoms with Crippen molar-refractivity contribution in [1.29, 1.82) is 0 Å². The number of nitro benzene ring substituents is 1. The summed E-state index contributed by atoms with van der Waals surface area (Å²) in [6.07, 6.45) is 2.19. The zero-order chi connectivity index (χ0) is 12.7. The summed E-state index contributed by atoms with van der Waals surface area (Å²) in [5, 5.41) is 22.1. The Bertz CT molecular complexity index is 618. The van der Waals surface area contributed by atoms with Crippen LogP contribution in [0.25, 0.3) is 11.4 Å². The summed E-state index contributed by atoms with van der Waals surface area (Å²) >= 11 is 0. The minimum Gasteiger partial charge on any atom is -0.258 e. The van der Waals surface area contributed by atoms with Crippen molar-refractivity contribution in [3.63, 3.8) is 0 Å². The Balaban J connectivity index is 2.13. The van der Waals surface area contributed by atoms with Crippen molar-refractivity contribution in [3.05, 3.63) is 33.9 Å². The first kappa shape index (κ1) is 10.8. The molecule has 0 spiro atoms. The second-order valence-corrected chi connectivity index (χ2v) is 4.47. The van der Waals surface area contributed by atoms with Gasteiger partial charge in [-0.25, -0.2) is 4.68 Å². The van der Waals surface area contributed by atoms with Gasteiger partial charge in [0.1, 0.15) is 0 Å². The summed E-state index contributed by atoms with van der Waals surface area (Å²) in [7, 11) is 1.71. The largest absolute Gasteiger partial charge is 0.270 e. The third kappa shape index (κ3) is 1.83. The summed E-state index contributed by atoms with van der Waals surface area (Å²) < 4.78 is 1.51. The smallest absolute Gasteiger partial charge is 0.258 e. The average molecular weight is 245 g/mol. The molecule has 0 unspecified atom stereocenters. The Morgan fingerprint density at radius 1 is 1.39 bits per heavy atom. The highest BCUT2D eigenvalue weighted by atomic mass is 16.6. The van der Waals surface area contributed by atoms with Crippen LogP contribution in [0.1, 0.15) is 24.3 Å². The van der Waals surface area contributed by atoms with E-state index in [2.05, 4.69) is 15.5 Å². The molecule has 0 amide bonds. The van der Waals surface area contributed by atoms with Crippen LogP contribution in [-0.2, 0) is 7.05 Å². The molecular weight excluding hydrogens is 234 g/mol. The van der Waals surface area contributed by atoms with Gasteiger partial charge in [0.15, 0.2) is 5.82 Å². The van der Waals surface area contributed by atoms with Crippen LogP contribution in [0.5, 0.6) is 0 Å². The van der Waals surface area contributed by atoms with Crippen molar-refractivity contribution >= 4 is 5.69 Å². The number of nitrogens with zero attached hydrogens (tertiary/aromatic N) is 5. The van der Waals surface area contributed by atoms with Crippen LogP contribution in [0.3, 0.4) is 0 Å². The minimum absolute atomic E-state index is 0.0948. The topological polar surface area (TPSA) is 86.7 Å². The lowest BCUT2D eigenvalue weighted by Crippen LogP contribution is -1.97. The fraction of sp³-hybridized carbons (Fsp3) is 0.364. The maximum atomic E-state index is 10.9. The van der Waals surface area contributed by atoms with E-state index >= 15 is 0 Å². The molecule has 1 fully saturated rings. The van der Waals surface area contributed by atoms with Gasteiger partial charge in [-0.15, -0.1) is 5.10 Å². The van der Waals surface area contributed by atoms with E-state index in [9.17, 15) is 10.1 Å². The van der Waals surface area contributed by atoms with E-state index in [1.807, 2.05) is 6.07 Å². The lowest BCUT2D eigenvalue weighted by molar-refractivity contribution is -0.384. The Morgan fingerprint density at radius 2 is 2.17 bits per heavy atom. The maximum absolute atomic E-state index is 10.9. The normalized spacial score (nSPS) is 14.7. The third-order valence-corrected chi connectivity index (χ3v) is 3.08. The van der Waals surface area contributed by atoms with Gasteiger partial charge >= 0.3 is 0 Å². The molecule has 1 aromatic carbocycles. The molecule has 92 valence electrons. The number of tetrazole rings is 1. The molecule has 0 bridgehead atoms. The first-order valence-corrected chi connectivity index (χ1v) is 5.67. The average Bonchev–Trinajstić information content (AvgIpc) is 3.11. The zero-order valence-electron chi connectivity index (χ0n) is 9.78. The summed E-state index contributed by atoms with van der Waals surface area (Å²) in [5.41, 5.74) is 1.79. The number of benzene rings is 1. The fourth-order valence-electron chi connectivity index (χ4n) is 2.00. The Morgan fingerprint density at radius 3 is 2.72 bits per heavy atom. The monoisotopic (exact) mass is 245 g/mol. The van der Waals surface area contributed by atoms with Crippen LogP contribution >= 0.6 is 0 Å². The molecule has 1 heterocycles. The molecule has 1 aliphatic carbocycles. The van der Waals surface area contributed by atoms with Crippen LogP contribution in [-0.4, -0.2) is 25.1 Å². The number of nitro groups is 1. The summed E-state index contributed by atoms with van der Waals surface area (Å²) in [5.74, 6) is 0.991. The van der Waals surface area contributed by atoms with Gasteiger partial charge in [-0.05, 0) is 40.8 Å². The van der Waals surface area contributed by atoms with E-state index in [0.717, 1.165) is 18.4 Å². The number of aryl methyl sites for hydroxylation is 1. The van der Waals surface area contributed by atoms with Gasteiger partial charge < -0.3 is 0 Å². The van der Waals surface area contributed by atoms with Crippen molar-refractivity contribution in [1.82, 2.24) is 20.2 Å². The van der Waals surface area contributed by atoms with Gasteiger partial charge in [-0.2, -0.15) is 0 Å². The molecule has 1 saturated carbocycles. The number of rotatable bonds is 3. The van der Waals surface area contributed by atoms with Gasteiger partial charge in [-0.1, -0.05) is 0 Å². The number of hydrogen-bond donors (Lipinski definition) is 0. The fourth-order valence-corrected chi connectivity index (χ4v) is 2.00. The molecule has 1 aromatic heterocycles. The summed E-state index contributed by atoms with van der Waals surface area (Å²) in [6.45, 7) is 0. The Hall–Kier alpha value is -2.31. The number of aromatic nitrogens is 4. The van der Waals surface area contributed by atoms with Gasteiger partial charge in [0, 0.05) is 24.7 Å². The molecule has 0 atom stereocenters. The number of non-ortho nitro benzene ring substituents is 1. The van der Waals surface area contributed by atoms with Crippen LogP contribution in [0, 0.1) is 10.1 Å². The molecule has 0 radical (unpaired) electrons. The minimum atomic E-state index is -0.376. The highest BCUT2D eigenvalue weighted by Crippen LogP contribution is 2.42. The van der Waals surface area contributed by atoms with Crippen LogP contribution in [0.4, 0.5) is 5.69 Å². The third-order valence-electron chi connectivity index (χ3n) is 3.08. The van der Waals surface area contributed by atoms with E-state index in [1.165, 1.54) is 10.7 Å². The van der Waals surface area contributed by atoms with Crippen molar-refractivity contribution < 1.29 is 4.92 Å². The van der Waals surface area contributed by atoms with E-state index in [-0.39, 0.29) is 10.6 Å². The molecule has 7 nitrogen and oxygen atoms in total. The molecule has 2 aromatic rings. The first-order chi connectivity index (χ1) is 8.65. The second kappa shape index (κ2) is 3.86. The second-order valence-electron chi connectivity index (χ2n) is 4.47.